The third-order valence-electron chi connectivity index (χ3n) is 5.82. The summed E-state index contributed by atoms with van der Waals surface area (Å²) in [5.41, 5.74) is 0.168. The van der Waals surface area contributed by atoms with Gasteiger partial charge in [0.1, 0.15) is 11.4 Å². The number of nitrogens with zero attached hydrogens (tertiary/aromatic N) is 3. The molecule has 0 atom stereocenters. The maximum absolute atomic E-state index is 13.6. The van der Waals surface area contributed by atoms with E-state index in [0.717, 1.165) is 11.8 Å². The molecule has 1 amide bonds. The molecule has 0 saturated heterocycles. The molecular formula is C27H23ClF3N3O4. The molecule has 0 aliphatic carbocycles. The number of rotatable bonds is 8. The second-order valence-corrected chi connectivity index (χ2v) is 8.59. The van der Waals surface area contributed by atoms with Crippen LogP contribution in [0.1, 0.15) is 40.0 Å². The maximum atomic E-state index is 13.6. The van der Waals surface area contributed by atoms with Gasteiger partial charge in [-0.3, -0.25) is 14.6 Å². The van der Waals surface area contributed by atoms with Crippen molar-refractivity contribution in [2.24, 2.45) is 0 Å². The Morgan fingerprint density at radius 1 is 1.13 bits per heavy atom. The van der Waals surface area contributed by atoms with Crippen molar-refractivity contribution in [3.63, 3.8) is 0 Å². The summed E-state index contributed by atoms with van der Waals surface area (Å²) in [5, 5.41) is 9.61. The number of pyridine rings is 1. The molecule has 198 valence electrons. The van der Waals surface area contributed by atoms with Crippen molar-refractivity contribution in [1.82, 2.24) is 4.98 Å². The predicted octanol–water partition coefficient (Wildman–Crippen LogP) is 6.07. The van der Waals surface area contributed by atoms with Gasteiger partial charge in [0.15, 0.2) is 0 Å². The second kappa shape index (κ2) is 12.0. The highest BCUT2D eigenvalue weighted by atomic mass is 35.5. The fourth-order valence-electron chi connectivity index (χ4n) is 3.92. The number of alkyl halides is 3. The lowest BCUT2D eigenvalue weighted by atomic mass is 9.99. The monoisotopic (exact) mass is 545 g/mol. The first-order chi connectivity index (χ1) is 18.0. The van der Waals surface area contributed by atoms with Crippen LogP contribution in [0.2, 0.25) is 5.02 Å². The number of aryl methyl sites for hydroxylation is 1. The molecule has 0 unspecified atom stereocenters. The van der Waals surface area contributed by atoms with Gasteiger partial charge in [-0.2, -0.15) is 18.4 Å². The molecule has 0 aliphatic rings. The molecule has 0 saturated carbocycles. The summed E-state index contributed by atoms with van der Waals surface area (Å²) < 4.78 is 49.4. The fraction of sp³-hybridized carbons (Fsp3) is 0.259. The van der Waals surface area contributed by atoms with Crippen molar-refractivity contribution in [3.8, 4) is 22.9 Å². The molecule has 0 bridgehead atoms. The van der Waals surface area contributed by atoms with Gasteiger partial charge in [-0.05, 0) is 48.7 Å². The summed E-state index contributed by atoms with van der Waals surface area (Å²) in [6.07, 6.45) is -2.66. The summed E-state index contributed by atoms with van der Waals surface area (Å²) in [7, 11) is 4.34. The number of benzene rings is 2. The topological polar surface area (TPSA) is 92.5 Å². The van der Waals surface area contributed by atoms with Crippen LogP contribution in [0, 0.1) is 11.3 Å². The zero-order chi connectivity index (χ0) is 28.0. The van der Waals surface area contributed by atoms with Crippen LogP contribution in [0.3, 0.4) is 0 Å². The van der Waals surface area contributed by atoms with Gasteiger partial charge in [-0.15, -0.1) is 0 Å². The highest BCUT2D eigenvalue weighted by Gasteiger charge is 2.33. The zero-order valence-electron chi connectivity index (χ0n) is 20.7. The summed E-state index contributed by atoms with van der Waals surface area (Å²) >= 11 is 6.32. The number of carbonyl (C=O) groups excluding carboxylic acids is 2. The largest absolute Gasteiger partial charge is 0.495 e. The number of para-hydroxylation sites is 1. The minimum atomic E-state index is -4.72. The fourth-order valence-corrected chi connectivity index (χ4v) is 4.14. The van der Waals surface area contributed by atoms with Crippen LogP contribution in [0.25, 0.3) is 11.1 Å². The zero-order valence-corrected chi connectivity index (χ0v) is 21.5. The lowest BCUT2D eigenvalue weighted by molar-refractivity contribution is -0.141. The van der Waals surface area contributed by atoms with Gasteiger partial charge in [0, 0.05) is 41.4 Å². The molecule has 11 heteroatoms. The van der Waals surface area contributed by atoms with Crippen LogP contribution >= 0.6 is 11.6 Å². The number of hydrogen-bond acceptors (Lipinski definition) is 6. The Morgan fingerprint density at radius 3 is 2.50 bits per heavy atom. The predicted molar refractivity (Wildman–Crippen MR) is 135 cm³/mol. The quantitative estimate of drug-likeness (QED) is 0.319. The lowest BCUT2D eigenvalue weighted by Gasteiger charge is -2.24. The first-order valence-electron chi connectivity index (χ1n) is 11.3. The van der Waals surface area contributed by atoms with Crippen LogP contribution in [0.4, 0.5) is 18.9 Å². The second-order valence-electron chi connectivity index (χ2n) is 8.18. The van der Waals surface area contributed by atoms with Crippen LogP contribution in [-0.4, -0.2) is 38.1 Å². The van der Waals surface area contributed by atoms with E-state index < -0.39 is 17.8 Å². The van der Waals surface area contributed by atoms with E-state index in [1.165, 1.54) is 37.3 Å². The van der Waals surface area contributed by atoms with E-state index in [2.05, 4.69) is 9.72 Å². The summed E-state index contributed by atoms with van der Waals surface area (Å²) in [6, 6.07) is 12.0. The number of hydrogen-bond donors (Lipinski definition) is 0. The summed E-state index contributed by atoms with van der Waals surface area (Å²) in [6.45, 7) is 0. The summed E-state index contributed by atoms with van der Waals surface area (Å²) in [5.74, 6) is -0.369. The van der Waals surface area contributed by atoms with Crippen molar-refractivity contribution in [2.45, 2.75) is 25.4 Å². The van der Waals surface area contributed by atoms with E-state index in [1.807, 2.05) is 6.07 Å². The smallest absolute Gasteiger partial charge is 0.433 e. The molecular weight excluding hydrogens is 523 g/mol. The van der Waals surface area contributed by atoms with Crippen molar-refractivity contribution in [1.29, 1.82) is 5.26 Å². The van der Waals surface area contributed by atoms with Crippen LogP contribution in [0.5, 0.6) is 5.75 Å². The Kier molecular flexibility index (Phi) is 8.96. The molecule has 0 fully saturated rings. The van der Waals surface area contributed by atoms with Gasteiger partial charge >= 0.3 is 12.1 Å². The summed E-state index contributed by atoms with van der Waals surface area (Å²) in [4.78, 5) is 29.9. The van der Waals surface area contributed by atoms with E-state index in [0.29, 0.717) is 30.3 Å². The van der Waals surface area contributed by atoms with E-state index in [4.69, 9.17) is 16.3 Å². The molecule has 0 N–H and O–H groups in total. The van der Waals surface area contributed by atoms with Crippen molar-refractivity contribution >= 4 is 29.2 Å². The Balaban J connectivity index is 2.00. The first kappa shape index (κ1) is 28.5. The van der Waals surface area contributed by atoms with Gasteiger partial charge in [-0.25, -0.2) is 0 Å². The molecule has 1 heterocycles. The van der Waals surface area contributed by atoms with Crippen LogP contribution < -0.4 is 9.64 Å². The number of esters is 1. The highest BCUT2D eigenvalue weighted by molar-refractivity contribution is 6.33. The molecule has 2 aromatic carbocycles. The van der Waals surface area contributed by atoms with Gasteiger partial charge in [0.2, 0.25) is 0 Å². The molecule has 0 aliphatic heterocycles. The standard InChI is InChI=1S/C27H23ClF3N3O4/c1-34(25-16(6-4-8-22(25)37-2)7-5-9-24(35)38-3)26(36)17-10-11-21(28)19(12-17)20-15-33-23(27(29,30)31)13-18(20)14-32/h4,6,8,10-13,15H,5,7,9H2,1-3H3. The molecule has 0 spiro atoms. The Morgan fingerprint density at radius 2 is 1.87 bits per heavy atom. The number of anilines is 1. The minimum Gasteiger partial charge on any atom is -0.495 e. The Hall–Kier alpha value is -4.10. The number of ether oxygens (including phenoxy) is 2. The number of aromatic nitrogens is 1. The SMILES string of the molecule is COC(=O)CCCc1cccc(OC)c1N(C)C(=O)c1ccc(Cl)c(-c2cnc(C(F)(F)F)cc2C#N)c1. The van der Waals surface area contributed by atoms with Crippen LogP contribution in [0.15, 0.2) is 48.7 Å². The average molecular weight is 546 g/mol. The number of methoxy groups -OCH3 is 2. The van der Waals surface area contributed by atoms with E-state index in [1.54, 1.807) is 25.2 Å². The maximum Gasteiger partial charge on any atom is 0.433 e. The molecule has 38 heavy (non-hydrogen) atoms. The highest BCUT2D eigenvalue weighted by Crippen LogP contribution is 2.37. The minimum absolute atomic E-state index is 0.0589. The Bertz CT molecular complexity index is 1400. The van der Waals surface area contributed by atoms with Crippen molar-refractivity contribution in [2.75, 3.05) is 26.2 Å². The number of amides is 1. The number of carbonyl (C=O) groups is 2. The number of halogens is 4. The lowest BCUT2D eigenvalue weighted by Crippen LogP contribution is -2.28. The normalized spacial score (nSPS) is 11.0. The molecule has 7 nitrogen and oxygen atoms in total. The molecule has 0 radical (unpaired) electrons. The first-order valence-corrected chi connectivity index (χ1v) is 11.7. The van der Waals surface area contributed by atoms with Crippen molar-refractivity contribution < 1.29 is 32.2 Å². The van der Waals surface area contributed by atoms with E-state index in [9.17, 15) is 28.0 Å². The van der Waals surface area contributed by atoms with E-state index >= 15 is 0 Å². The van der Waals surface area contributed by atoms with Gasteiger partial charge < -0.3 is 14.4 Å². The van der Waals surface area contributed by atoms with Crippen molar-refractivity contribution in [3.05, 3.63) is 76.1 Å². The van der Waals surface area contributed by atoms with Gasteiger partial charge in [0.05, 0.1) is 31.5 Å². The molecule has 1 aromatic heterocycles. The third-order valence-corrected chi connectivity index (χ3v) is 6.15. The third kappa shape index (κ3) is 6.23. The van der Waals surface area contributed by atoms with Gasteiger partial charge in [0.25, 0.3) is 5.91 Å². The molecule has 3 aromatic rings. The van der Waals surface area contributed by atoms with Gasteiger partial charge in [-0.1, -0.05) is 23.7 Å². The molecule has 3 rings (SSSR count). The Labute approximate surface area is 222 Å². The van der Waals surface area contributed by atoms with Crippen LogP contribution in [-0.2, 0) is 22.1 Å². The number of nitriles is 1. The average Bonchev–Trinajstić information content (AvgIpc) is 2.91. The van der Waals surface area contributed by atoms with E-state index in [-0.39, 0.29) is 39.7 Å².